The van der Waals surface area contributed by atoms with Gasteiger partial charge in [-0.15, -0.1) is 0 Å². The smallest absolute Gasteiger partial charge is 0.247 e. The van der Waals surface area contributed by atoms with Gasteiger partial charge in [0.05, 0.1) is 5.69 Å². The van der Waals surface area contributed by atoms with Gasteiger partial charge in [-0.1, -0.05) is 12.2 Å². The minimum atomic E-state index is -0.397. The Morgan fingerprint density at radius 1 is 1.35 bits per heavy atom. The van der Waals surface area contributed by atoms with E-state index in [0.717, 1.165) is 44.3 Å². The molecule has 0 spiro atoms. The molecule has 1 aliphatic heterocycles. The number of oxazole rings is 1. The Bertz CT molecular complexity index is 499. The number of amides is 1. The van der Waals surface area contributed by atoms with Crippen molar-refractivity contribution in [3.63, 3.8) is 0 Å². The highest BCUT2D eigenvalue weighted by Crippen LogP contribution is 2.28. The third kappa shape index (κ3) is 2.38. The molecule has 20 heavy (non-hydrogen) atoms. The number of likely N-dealkylation sites (N-methyl/N-ethyl adjacent to an activating group) is 1. The van der Waals surface area contributed by atoms with Crippen molar-refractivity contribution in [3.8, 4) is 0 Å². The molecular formula is C15H21N3O2. The number of fused-ring (bicyclic) bond motifs is 1. The molecule has 5 nitrogen and oxygen atoms in total. The number of rotatable bonds is 2. The maximum atomic E-state index is 12.8. The van der Waals surface area contributed by atoms with Crippen LogP contribution in [0.25, 0.3) is 0 Å². The molecule has 0 saturated heterocycles. The standard InChI is InChI=1S/C15H21N3O2/c1-16-13-14-12(17-10-20-14)8-9-18(15(13)19)11-6-4-2-3-5-7-11/h2-3,10-11,13,16H,4-9H2,1H3. The highest BCUT2D eigenvalue weighted by molar-refractivity contribution is 5.83. The Morgan fingerprint density at radius 2 is 2.10 bits per heavy atom. The van der Waals surface area contributed by atoms with Crippen LogP contribution in [-0.4, -0.2) is 35.4 Å². The molecule has 2 aliphatic rings. The molecule has 1 aromatic heterocycles. The molecular weight excluding hydrogens is 254 g/mol. The summed E-state index contributed by atoms with van der Waals surface area (Å²) in [6, 6.07) is -0.0661. The monoisotopic (exact) mass is 275 g/mol. The molecule has 0 fully saturated rings. The predicted molar refractivity (Wildman–Crippen MR) is 75.1 cm³/mol. The van der Waals surface area contributed by atoms with Crippen molar-refractivity contribution in [2.45, 2.75) is 44.2 Å². The van der Waals surface area contributed by atoms with Crippen LogP contribution in [0.2, 0.25) is 0 Å². The molecule has 3 rings (SSSR count). The van der Waals surface area contributed by atoms with Crippen LogP contribution in [0.1, 0.15) is 43.2 Å². The van der Waals surface area contributed by atoms with Crippen LogP contribution in [0, 0.1) is 0 Å². The van der Waals surface area contributed by atoms with E-state index in [1.807, 2.05) is 4.90 Å². The summed E-state index contributed by atoms with van der Waals surface area (Å²) >= 11 is 0. The highest BCUT2D eigenvalue weighted by Gasteiger charge is 2.36. The van der Waals surface area contributed by atoms with E-state index in [2.05, 4.69) is 22.5 Å². The minimum Gasteiger partial charge on any atom is -0.446 e. The molecule has 2 heterocycles. The largest absolute Gasteiger partial charge is 0.446 e. The van der Waals surface area contributed by atoms with Gasteiger partial charge >= 0.3 is 0 Å². The van der Waals surface area contributed by atoms with E-state index in [-0.39, 0.29) is 5.91 Å². The van der Waals surface area contributed by atoms with E-state index in [1.54, 1.807) is 7.05 Å². The average molecular weight is 275 g/mol. The van der Waals surface area contributed by atoms with Gasteiger partial charge in [-0.25, -0.2) is 4.98 Å². The average Bonchev–Trinajstić information content (AvgIpc) is 2.69. The maximum Gasteiger partial charge on any atom is 0.247 e. The summed E-state index contributed by atoms with van der Waals surface area (Å²) in [6.45, 7) is 0.737. The summed E-state index contributed by atoms with van der Waals surface area (Å²) < 4.78 is 5.44. The first kappa shape index (κ1) is 13.4. The summed E-state index contributed by atoms with van der Waals surface area (Å²) in [6.07, 6.45) is 10.9. The highest BCUT2D eigenvalue weighted by atomic mass is 16.3. The molecule has 1 aromatic rings. The lowest BCUT2D eigenvalue weighted by atomic mass is 10.1. The second-order valence-electron chi connectivity index (χ2n) is 5.45. The van der Waals surface area contributed by atoms with E-state index in [0.29, 0.717) is 11.8 Å². The molecule has 1 aliphatic carbocycles. The van der Waals surface area contributed by atoms with Crippen molar-refractivity contribution in [2.24, 2.45) is 0 Å². The van der Waals surface area contributed by atoms with Crippen LogP contribution in [-0.2, 0) is 11.2 Å². The number of allylic oxidation sites excluding steroid dienone is 2. The van der Waals surface area contributed by atoms with Gasteiger partial charge < -0.3 is 14.6 Å². The fraction of sp³-hybridized carbons (Fsp3) is 0.600. The van der Waals surface area contributed by atoms with Crippen LogP contribution >= 0.6 is 0 Å². The van der Waals surface area contributed by atoms with Gasteiger partial charge in [0.1, 0.15) is 6.04 Å². The Labute approximate surface area is 119 Å². The van der Waals surface area contributed by atoms with Gasteiger partial charge in [-0.2, -0.15) is 0 Å². The molecule has 5 heteroatoms. The van der Waals surface area contributed by atoms with Crippen LogP contribution < -0.4 is 5.32 Å². The number of nitrogens with one attached hydrogen (secondary N) is 1. The van der Waals surface area contributed by atoms with E-state index in [4.69, 9.17) is 4.42 Å². The zero-order valence-corrected chi connectivity index (χ0v) is 11.8. The van der Waals surface area contributed by atoms with Crippen LogP contribution in [0.15, 0.2) is 23.0 Å². The first-order chi connectivity index (χ1) is 9.81. The van der Waals surface area contributed by atoms with Crippen molar-refractivity contribution in [1.82, 2.24) is 15.2 Å². The molecule has 1 atom stereocenters. The van der Waals surface area contributed by atoms with Crippen LogP contribution in [0.4, 0.5) is 0 Å². The number of hydrogen-bond donors (Lipinski definition) is 1. The Hall–Kier alpha value is -1.62. The number of nitrogens with zero attached hydrogens (tertiary/aromatic N) is 2. The second-order valence-corrected chi connectivity index (χ2v) is 5.45. The number of carbonyl (C=O) groups excluding carboxylic acids is 1. The number of aromatic nitrogens is 1. The lowest BCUT2D eigenvalue weighted by Gasteiger charge is -2.32. The van der Waals surface area contributed by atoms with Gasteiger partial charge in [0.25, 0.3) is 0 Å². The first-order valence-corrected chi connectivity index (χ1v) is 7.36. The third-order valence-corrected chi connectivity index (χ3v) is 4.28. The summed E-state index contributed by atoms with van der Waals surface area (Å²) in [4.78, 5) is 19.1. The van der Waals surface area contributed by atoms with Crippen molar-refractivity contribution in [1.29, 1.82) is 0 Å². The zero-order valence-electron chi connectivity index (χ0n) is 11.8. The Balaban J connectivity index is 1.83. The van der Waals surface area contributed by atoms with E-state index in [9.17, 15) is 4.79 Å². The topological polar surface area (TPSA) is 58.4 Å². The molecule has 1 unspecified atom stereocenters. The summed E-state index contributed by atoms with van der Waals surface area (Å²) in [5.74, 6) is 0.807. The molecule has 1 N–H and O–H groups in total. The fourth-order valence-electron chi connectivity index (χ4n) is 3.20. The van der Waals surface area contributed by atoms with Gasteiger partial charge in [-0.3, -0.25) is 4.79 Å². The SMILES string of the molecule is CNC1C(=O)N(C2CCC=CCC2)CCc2ncoc21. The first-order valence-electron chi connectivity index (χ1n) is 7.36. The van der Waals surface area contributed by atoms with Crippen LogP contribution in [0.5, 0.6) is 0 Å². The molecule has 0 saturated carbocycles. The lowest BCUT2D eigenvalue weighted by Crippen LogP contribution is -2.45. The van der Waals surface area contributed by atoms with E-state index >= 15 is 0 Å². The van der Waals surface area contributed by atoms with Gasteiger partial charge in [-0.05, 0) is 32.7 Å². The Kier molecular flexibility index (Phi) is 3.87. The fourth-order valence-corrected chi connectivity index (χ4v) is 3.20. The van der Waals surface area contributed by atoms with Crippen molar-refractivity contribution < 1.29 is 9.21 Å². The minimum absolute atomic E-state index is 0.120. The molecule has 0 aromatic carbocycles. The second kappa shape index (κ2) is 5.79. The summed E-state index contributed by atoms with van der Waals surface area (Å²) in [7, 11) is 1.80. The van der Waals surface area contributed by atoms with E-state index < -0.39 is 6.04 Å². The lowest BCUT2D eigenvalue weighted by molar-refractivity contribution is -0.136. The normalized spacial score (nSPS) is 24.4. The predicted octanol–water partition coefficient (Wildman–Crippen LogP) is 1.82. The van der Waals surface area contributed by atoms with Crippen molar-refractivity contribution >= 4 is 5.91 Å². The van der Waals surface area contributed by atoms with Gasteiger partial charge in [0, 0.05) is 19.0 Å². The van der Waals surface area contributed by atoms with Gasteiger partial charge in [0.2, 0.25) is 5.91 Å². The quantitative estimate of drug-likeness (QED) is 0.836. The summed E-state index contributed by atoms with van der Waals surface area (Å²) in [5, 5.41) is 3.08. The maximum absolute atomic E-state index is 12.8. The third-order valence-electron chi connectivity index (χ3n) is 4.28. The molecule has 108 valence electrons. The van der Waals surface area contributed by atoms with E-state index in [1.165, 1.54) is 6.39 Å². The number of hydrogen-bond acceptors (Lipinski definition) is 4. The molecule has 1 amide bonds. The number of carbonyl (C=O) groups is 1. The Morgan fingerprint density at radius 3 is 2.80 bits per heavy atom. The molecule has 0 bridgehead atoms. The van der Waals surface area contributed by atoms with Crippen LogP contribution in [0.3, 0.4) is 0 Å². The zero-order chi connectivity index (χ0) is 13.9. The van der Waals surface area contributed by atoms with Gasteiger partial charge in [0.15, 0.2) is 12.2 Å². The van der Waals surface area contributed by atoms with Crippen molar-refractivity contribution in [3.05, 3.63) is 30.0 Å². The molecule has 0 radical (unpaired) electrons. The van der Waals surface area contributed by atoms with Crippen molar-refractivity contribution in [2.75, 3.05) is 13.6 Å². The summed E-state index contributed by atoms with van der Waals surface area (Å²) in [5.41, 5.74) is 0.909.